The van der Waals surface area contributed by atoms with E-state index in [9.17, 15) is 14.7 Å². The smallest absolute Gasteiger partial charge is 0.339 e. The molecule has 2 aliphatic carbocycles. The molecule has 1 saturated heterocycles. The number of carbonyl (C=O) groups excluding carboxylic acids is 1. The van der Waals surface area contributed by atoms with Crippen molar-refractivity contribution in [1.29, 1.82) is 0 Å². The minimum Gasteiger partial charge on any atom is -0.480 e. The Morgan fingerprint density at radius 1 is 1.23 bits per heavy atom. The van der Waals surface area contributed by atoms with Crippen molar-refractivity contribution in [2.45, 2.75) is 76.9 Å². The fourth-order valence-corrected chi connectivity index (χ4v) is 5.86. The molecule has 2 heterocycles. The summed E-state index contributed by atoms with van der Waals surface area (Å²) in [5.41, 5.74) is 2.36. The second-order valence-electron chi connectivity index (χ2n) is 9.61. The summed E-state index contributed by atoms with van der Waals surface area (Å²) in [4.78, 5) is 27.3. The Bertz CT molecular complexity index is 1090. The second kappa shape index (κ2) is 7.66. The molecule has 2 fully saturated rings. The first kappa shape index (κ1) is 20.6. The molecule has 1 saturated carbocycles. The quantitative estimate of drug-likeness (QED) is 0.762. The van der Waals surface area contributed by atoms with E-state index in [1.165, 1.54) is 0 Å². The molecule has 166 valence electrons. The fourth-order valence-electron chi connectivity index (χ4n) is 5.86. The van der Waals surface area contributed by atoms with E-state index in [2.05, 4.69) is 0 Å². The van der Waals surface area contributed by atoms with Gasteiger partial charge in [0, 0.05) is 35.5 Å². The van der Waals surface area contributed by atoms with Crippen LogP contribution in [-0.4, -0.2) is 40.7 Å². The van der Waals surface area contributed by atoms with Crippen LogP contribution in [0.3, 0.4) is 0 Å². The Kier molecular flexibility index (Phi) is 5.08. The van der Waals surface area contributed by atoms with E-state index in [1.807, 2.05) is 24.0 Å². The van der Waals surface area contributed by atoms with Crippen molar-refractivity contribution < 1.29 is 19.1 Å². The first-order chi connectivity index (χ1) is 14.9. The van der Waals surface area contributed by atoms with E-state index in [4.69, 9.17) is 9.15 Å². The largest absolute Gasteiger partial charge is 0.480 e. The third kappa shape index (κ3) is 3.45. The average molecular weight is 426 g/mol. The fraction of sp³-hybridized carbons (Fsp3) is 0.600. The summed E-state index contributed by atoms with van der Waals surface area (Å²) in [6.07, 6.45) is 6.66. The number of hydrogen-bond donors (Lipinski definition) is 1. The molecule has 2 aromatic rings. The molecule has 1 amide bonds. The zero-order chi connectivity index (χ0) is 21.8. The molecular formula is C25H31NO5. The summed E-state index contributed by atoms with van der Waals surface area (Å²) in [5.74, 6) is 0.674. The van der Waals surface area contributed by atoms with Gasteiger partial charge in [-0.15, -0.1) is 0 Å². The average Bonchev–Trinajstić information content (AvgIpc) is 3.26. The molecule has 0 unspecified atom stereocenters. The van der Waals surface area contributed by atoms with Crippen LogP contribution < -0.4 is 10.4 Å². The lowest BCUT2D eigenvalue weighted by atomic mass is 9.71. The van der Waals surface area contributed by atoms with E-state index in [1.54, 1.807) is 6.92 Å². The maximum Gasteiger partial charge on any atom is 0.339 e. The minimum absolute atomic E-state index is 0.0532. The maximum absolute atomic E-state index is 13.1. The van der Waals surface area contributed by atoms with Gasteiger partial charge >= 0.3 is 5.63 Å². The SMILES string of the molecule is Cc1c(O[C@H](C)C(=O)N2CC[C@@]3(O)CCCC[C@H]3C2)ccc2c3c(c(=O)oc12)CCC3. The van der Waals surface area contributed by atoms with Crippen molar-refractivity contribution in [3.8, 4) is 5.75 Å². The van der Waals surface area contributed by atoms with Crippen LogP contribution in [0.15, 0.2) is 21.3 Å². The number of carbonyl (C=O) groups is 1. The highest BCUT2D eigenvalue weighted by Crippen LogP contribution is 2.40. The lowest BCUT2D eigenvalue weighted by Gasteiger charge is -2.47. The van der Waals surface area contributed by atoms with Gasteiger partial charge in [-0.3, -0.25) is 4.79 Å². The molecule has 0 radical (unpaired) electrons. The number of likely N-dealkylation sites (tertiary alicyclic amines) is 1. The molecule has 0 spiro atoms. The topological polar surface area (TPSA) is 80.0 Å². The number of aryl methyl sites for hydroxylation is 2. The molecule has 3 atom stereocenters. The highest BCUT2D eigenvalue weighted by molar-refractivity contribution is 5.87. The lowest BCUT2D eigenvalue weighted by molar-refractivity contribution is -0.149. The normalized spacial score (nSPS) is 26.4. The van der Waals surface area contributed by atoms with Crippen molar-refractivity contribution >= 4 is 16.9 Å². The standard InChI is InChI=1S/C25H31NO5/c1-15-21(10-9-19-18-7-5-8-20(18)24(28)31-22(15)19)30-16(2)23(27)26-13-12-25(29)11-4-3-6-17(25)14-26/h9-10,16-17,29H,3-8,11-14H2,1-2H3/t16-,17+,25+/m1/s1. The number of fused-ring (bicyclic) bond motifs is 4. The van der Waals surface area contributed by atoms with Crippen LogP contribution in [0.25, 0.3) is 11.0 Å². The zero-order valence-electron chi connectivity index (χ0n) is 18.4. The van der Waals surface area contributed by atoms with E-state index >= 15 is 0 Å². The summed E-state index contributed by atoms with van der Waals surface area (Å²) in [5, 5.41) is 11.9. The number of ether oxygens (including phenoxy) is 1. The van der Waals surface area contributed by atoms with Gasteiger partial charge in [0.15, 0.2) is 6.10 Å². The predicted octanol–water partition coefficient (Wildman–Crippen LogP) is 3.51. The van der Waals surface area contributed by atoms with E-state index in [0.717, 1.165) is 67.0 Å². The summed E-state index contributed by atoms with van der Waals surface area (Å²) in [6, 6.07) is 3.83. The Labute approximate surface area is 182 Å². The number of hydrogen-bond acceptors (Lipinski definition) is 5. The van der Waals surface area contributed by atoms with Gasteiger partial charge in [-0.25, -0.2) is 4.79 Å². The highest BCUT2D eigenvalue weighted by atomic mass is 16.5. The van der Waals surface area contributed by atoms with Gasteiger partial charge in [-0.05, 0) is 70.1 Å². The van der Waals surface area contributed by atoms with E-state index < -0.39 is 11.7 Å². The van der Waals surface area contributed by atoms with E-state index in [-0.39, 0.29) is 17.5 Å². The molecule has 1 aromatic heterocycles. The van der Waals surface area contributed by atoms with E-state index in [0.29, 0.717) is 30.8 Å². The molecule has 1 aromatic carbocycles. The highest BCUT2D eigenvalue weighted by Gasteiger charge is 2.44. The van der Waals surface area contributed by atoms with Gasteiger partial charge in [0.25, 0.3) is 5.91 Å². The first-order valence-electron chi connectivity index (χ1n) is 11.6. The van der Waals surface area contributed by atoms with Crippen molar-refractivity contribution in [1.82, 2.24) is 4.90 Å². The number of piperidine rings is 1. The molecule has 0 bridgehead atoms. The molecule has 1 aliphatic heterocycles. The maximum atomic E-state index is 13.1. The van der Waals surface area contributed by atoms with Crippen molar-refractivity contribution in [2.75, 3.05) is 13.1 Å². The monoisotopic (exact) mass is 425 g/mol. The molecule has 6 nitrogen and oxygen atoms in total. The Morgan fingerprint density at radius 3 is 2.87 bits per heavy atom. The number of amides is 1. The van der Waals surface area contributed by atoms with Gasteiger partial charge in [-0.2, -0.15) is 0 Å². The zero-order valence-corrected chi connectivity index (χ0v) is 18.4. The van der Waals surface area contributed by atoms with Gasteiger partial charge in [-0.1, -0.05) is 12.8 Å². The number of nitrogens with zero attached hydrogens (tertiary/aromatic N) is 1. The van der Waals surface area contributed by atoms with Crippen LogP contribution in [0.2, 0.25) is 0 Å². The summed E-state index contributed by atoms with van der Waals surface area (Å²) in [7, 11) is 0. The molecule has 31 heavy (non-hydrogen) atoms. The van der Waals surface area contributed by atoms with Crippen LogP contribution in [0, 0.1) is 12.8 Å². The molecular weight excluding hydrogens is 394 g/mol. The van der Waals surface area contributed by atoms with Gasteiger partial charge < -0.3 is 19.2 Å². The third-order valence-corrected chi connectivity index (χ3v) is 7.73. The van der Waals surface area contributed by atoms with Gasteiger partial charge in [0.05, 0.1) is 5.60 Å². The number of aliphatic hydroxyl groups is 1. The van der Waals surface area contributed by atoms with Crippen LogP contribution >= 0.6 is 0 Å². The Morgan fingerprint density at radius 2 is 2.03 bits per heavy atom. The second-order valence-corrected chi connectivity index (χ2v) is 9.61. The van der Waals surface area contributed by atoms with Gasteiger partial charge in [0.1, 0.15) is 11.3 Å². The lowest BCUT2D eigenvalue weighted by Crippen LogP contribution is -2.56. The predicted molar refractivity (Wildman–Crippen MR) is 117 cm³/mol. The van der Waals surface area contributed by atoms with Crippen LogP contribution in [-0.2, 0) is 17.6 Å². The van der Waals surface area contributed by atoms with Crippen LogP contribution in [0.4, 0.5) is 0 Å². The van der Waals surface area contributed by atoms with Gasteiger partial charge in [0.2, 0.25) is 0 Å². The Balaban J connectivity index is 1.35. The molecule has 6 heteroatoms. The summed E-state index contributed by atoms with van der Waals surface area (Å²) < 4.78 is 11.7. The molecule has 3 aliphatic rings. The van der Waals surface area contributed by atoms with Crippen molar-refractivity contribution in [3.63, 3.8) is 0 Å². The third-order valence-electron chi connectivity index (χ3n) is 7.73. The molecule has 5 rings (SSSR count). The summed E-state index contributed by atoms with van der Waals surface area (Å²) in [6.45, 7) is 4.81. The summed E-state index contributed by atoms with van der Waals surface area (Å²) >= 11 is 0. The molecule has 1 N–H and O–H groups in total. The van der Waals surface area contributed by atoms with Crippen molar-refractivity contribution in [2.24, 2.45) is 5.92 Å². The number of rotatable bonds is 3. The number of benzene rings is 1. The Hall–Kier alpha value is -2.34. The van der Waals surface area contributed by atoms with Crippen molar-refractivity contribution in [3.05, 3.63) is 39.2 Å². The minimum atomic E-state index is -0.646. The first-order valence-corrected chi connectivity index (χ1v) is 11.6. The van der Waals surface area contributed by atoms with Crippen LogP contribution in [0.1, 0.15) is 62.1 Å². The van der Waals surface area contributed by atoms with Crippen LogP contribution in [0.5, 0.6) is 5.75 Å².